The van der Waals surface area contributed by atoms with Gasteiger partial charge >= 0.3 is 0 Å². The fourth-order valence-corrected chi connectivity index (χ4v) is 1.45. The molecule has 0 aliphatic carbocycles. The fraction of sp³-hybridized carbons (Fsp3) is 0.429. The van der Waals surface area contributed by atoms with Gasteiger partial charge in [-0.15, -0.1) is 0 Å². The first-order chi connectivity index (χ1) is 7.60. The molecule has 86 valence electrons. The Morgan fingerprint density at radius 1 is 1.44 bits per heavy atom. The van der Waals surface area contributed by atoms with Crippen LogP contribution in [0.5, 0.6) is 0 Å². The molecule has 0 amide bonds. The van der Waals surface area contributed by atoms with Gasteiger partial charge in [0.1, 0.15) is 6.07 Å². The van der Waals surface area contributed by atoms with E-state index in [1.54, 1.807) is 6.08 Å². The molecule has 0 atom stereocenters. The summed E-state index contributed by atoms with van der Waals surface area (Å²) in [6, 6.07) is 4.16. The third kappa shape index (κ3) is 3.20. The van der Waals surface area contributed by atoms with Gasteiger partial charge in [0.25, 0.3) is 0 Å². The lowest BCUT2D eigenvalue weighted by molar-refractivity contribution is 0.853. The van der Waals surface area contributed by atoms with Crippen LogP contribution in [0.15, 0.2) is 12.6 Å². The van der Waals surface area contributed by atoms with Crippen LogP contribution in [0.1, 0.15) is 56.1 Å². The van der Waals surface area contributed by atoms with Gasteiger partial charge in [-0.2, -0.15) is 5.26 Å². The van der Waals surface area contributed by atoms with Crippen molar-refractivity contribution in [2.75, 3.05) is 0 Å². The van der Waals surface area contributed by atoms with Crippen molar-refractivity contribution < 1.29 is 0 Å². The van der Waals surface area contributed by atoms with Crippen LogP contribution in [0.25, 0.3) is 6.08 Å². The van der Waals surface area contributed by atoms with Gasteiger partial charge in [-0.25, -0.2) is 0 Å². The van der Waals surface area contributed by atoms with Crippen molar-refractivity contribution in [3.8, 4) is 6.07 Å². The number of nitrogens with zero attached hydrogens (tertiary/aromatic N) is 2. The summed E-state index contributed by atoms with van der Waals surface area (Å²) in [4.78, 5) is 4.26. The van der Waals surface area contributed by atoms with E-state index in [-0.39, 0.29) is 0 Å². The maximum absolute atomic E-state index is 9.03. The van der Waals surface area contributed by atoms with E-state index in [0.29, 0.717) is 17.2 Å². The Morgan fingerprint density at radius 2 is 2.00 bits per heavy atom. The predicted octanol–water partition coefficient (Wildman–Crippen LogP) is 4.05. The normalized spacial score (nSPS) is 9.06. The van der Waals surface area contributed by atoms with Crippen LogP contribution in [0.2, 0.25) is 0 Å². The average Bonchev–Trinajstić information content (AvgIpc) is 2.30. The van der Waals surface area contributed by atoms with Crippen molar-refractivity contribution in [2.24, 2.45) is 0 Å². The van der Waals surface area contributed by atoms with E-state index in [1.165, 1.54) is 0 Å². The Balaban J connectivity index is 0.00000106. The molecular weight excluding hydrogens is 196 g/mol. The summed E-state index contributed by atoms with van der Waals surface area (Å²) in [7, 11) is 0. The van der Waals surface area contributed by atoms with Crippen LogP contribution in [0, 0.1) is 18.3 Å². The minimum Gasteiger partial charge on any atom is -0.252 e. The number of rotatable bonds is 2. The quantitative estimate of drug-likeness (QED) is 0.747. The van der Waals surface area contributed by atoms with E-state index in [1.807, 2.05) is 26.8 Å². The standard InChI is InChI=1S/C12H14N2.C2H6/c1-5-12-11(7-13)10(8(2)3)6-9(4)14-12;1-2/h5-6,8H,1H2,2-4H3;1-2H3. The van der Waals surface area contributed by atoms with E-state index in [4.69, 9.17) is 5.26 Å². The van der Waals surface area contributed by atoms with E-state index in [2.05, 4.69) is 31.5 Å². The molecule has 0 saturated carbocycles. The predicted molar refractivity (Wildman–Crippen MR) is 69.2 cm³/mol. The molecule has 0 aliphatic heterocycles. The van der Waals surface area contributed by atoms with Gasteiger partial charge in [0.05, 0.1) is 11.3 Å². The van der Waals surface area contributed by atoms with E-state index in [9.17, 15) is 0 Å². The lowest BCUT2D eigenvalue weighted by atomic mass is 9.96. The van der Waals surface area contributed by atoms with Crippen molar-refractivity contribution in [2.45, 2.75) is 40.5 Å². The Bertz CT molecular complexity index is 398. The van der Waals surface area contributed by atoms with Gasteiger partial charge in [-0.1, -0.05) is 34.3 Å². The number of pyridine rings is 1. The molecule has 1 rings (SSSR count). The molecule has 1 aromatic heterocycles. The molecule has 1 heterocycles. The zero-order valence-electron chi connectivity index (χ0n) is 10.8. The monoisotopic (exact) mass is 216 g/mol. The maximum atomic E-state index is 9.03. The summed E-state index contributed by atoms with van der Waals surface area (Å²) in [5.41, 5.74) is 3.33. The molecule has 0 spiro atoms. The number of nitriles is 1. The zero-order valence-corrected chi connectivity index (χ0v) is 10.8. The highest BCUT2D eigenvalue weighted by Gasteiger charge is 2.11. The van der Waals surface area contributed by atoms with Crippen LogP contribution < -0.4 is 0 Å². The highest BCUT2D eigenvalue weighted by atomic mass is 14.7. The first-order valence-electron chi connectivity index (χ1n) is 5.64. The van der Waals surface area contributed by atoms with Crippen molar-refractivity contribution >= 4 is 6.08 Å². The van der Waals surface area contributed by atoms with Gasteiger partial charge in [-0.05, 0) is 30.5 Å². The molecule has 0 aliphatic rings. The Kier molecular flexibility index (Phi) is 6.10. The van der Waals surface area contributed by atoms with E-state index >= 15 is 0 Å². The first-order valence-corrected chi connectivity index (χ1v) is 5.64. The van der Waals surface area contributed by atoms with E-state index in [0.717, 1.165) is 11.3 Å². The summed E-state index contributed by atoms with van der Waals surface area (Å²) in [6.45, 7) is 13.7. The number of hydrogen-bond donors (Lipinski definition) is 0. The SMILES string of the molecule is C=Cc1nc(C)cc(C(C)C)c1C#N.CC. The fourth-order valence-electron chi connectivity index (χ4n) is 1.45. The number of aromatic nitrogens is 1. The summed E-state index contributed by atoms with van der Waals surface area (Å²) in [5.74, 6) is 0.338. The Labute approximate surface area is 98.6 Å². The summed E-state index contributed by atoms with van der Waals surface area (Å²) in [6.07, 6.45) is 1.64. The third-order valence-corrected chi connectivity index (χ3v) is 2.13. The lowest BCUT2D eigenvalue weighted by Gasteiger charge is -2.10. The molecule has 0 bridgehead atoms. The van der Waals surface area contributed by atoms with Gasteiger partial charge in [-0.3, -0.25) is 4.98 Å². The van der Waals surface area contributed by atoms with Crippen LogP contribution in [0.4, 0.5) is 0 Å². The molecular formula is C14H20N2. The molecule has 0 N–H and O–H groups in total. The Morgan fingerprint density at radius 3 is 2.38 bits per heavy atom. The van der Waals surface area contributed by atoms with Crippen molar-refractivity contribution in [3.05, 3.63) is 35.2 Å². The lowest BCUT2D eigenvalue weighted by Crippen LogP contribution is -2.00. The minimum atomic E-state index is 0.338. The second kappa shape index (κ2) is 6.79. The number of aryl methyl sites for hydroxylation is 1. The van der Waals surface area contributed by atoms with E-state index < -0.39 is 0 Å². The average molecular weight is 216 g/mol. The summed E-state index contributed by atoms with van der Waals surface area (Å²) >= 11 is 0. The molecule has 2 heteroatoms. The molecule has 1 aromatic rings. The molecule has 0 aromatic carbocycles. The van der Waals surface area contributed by atoms with Crippen molar-refractivity contribution in [1.82, 2.24) is 4.98 Å². The summed E-state index contributed by atoms with van der Waals surface area (Å²) < 4.78 is 0. The largest absolute Gasteiger partial charge is 0.252 e. The molecule has 0 saturated heterocycles. The highest BCUT2D eigenvalue weighted by Crippen LogP contribution is 2.22. The van der Waals surface area contributed by atoms with Crippen LogP contribution in [-0.2, 0) is 0 Å². The summed E-state index contributed by atoms with van der Waals surface area (Å²) in [5, 5.41) is 9.03. The highest BCUT2D eigenvalue weighted by molar-refractivity contribution is 5.56. The third-order valence-electron chi connectivity index (χ3n) is 2.13. The second-order valence-corrected chi connectivity index (χ2v) is 3.58. The van der Waals surface area contributed by atoms with Crippen LogP contribution >= 0.6 is 0 Å². The first kappa shape index (κ1) is 14.4. The van der Waals surface area contributed by atoms with Crippen molar-refractivity contribution in [1.29, 1.82) is 5.26 Å². The van der Waals surface area contributed by atoms with Crippen molar-refractivity contribution in [3.63, 3.8) is 0 Å². The Hall–Kier alpha value is -1.62. The van der Waals surface area contributed by atoms with Gasteiger partial charge in [0.15, 0.2) is 0 Å². The van der Waals surface area contributed by atoms with Crippen LogP contribution in [0.3, 0.4) is 0 Å². The van der Waals surface area contributed by atoms with Gasteiger partial charge < -0.3 is 0 Å². The maximum Gasteiger partial charge on any atom is 0.102 e. The molecule has 16 heavy (non-hydrogen) atoms. The smallest absolute Gasteiger partial charge is 0.102 e. The molecule has 0 unspecified atom stereocenters. The topological polar surface area (TPSA) is 36.7 Å². The van der Waals surface area contributed by atoms with Gasteiger partial charge in [0.2, 0.25) is 0 Å². The zero-order chi connectivity index (χ0) is 12.7. The molecule has 0 radical (unpaired) electrons. The van der Waals surface area contributed by atoms with Gasteiger partial charge in [0, 0.05) is 5.69 Å². The second-order valence-electron chi connectivity index (χ2n) is 3.58. The minimum absolute atomic E-state index is 0.338. The number of hydrogen-bond acceptors (Lipinski definition) is 2. The molecule has 0 fully saturated rings. The molecule has 2 nitrogen and oxygen atoms in total. The van der Waals surface area contributed by atoms with Crippen LogP contribution in [-0.4, -0.2) is 4.98 Å².